The van der Waals surface area contributed by atoms with E-state index in [0.717, 1.165) is 16.7 Å². The number of rotatable bonds is 7. The molecule has 0 saturated carbocycles. The normalized spacial score (nSPS) is 10.9. The first-order chi connectivity index (χ1) is 13.8. The van der Waals surface area contributed by atoms with Crippen molar-refractivity contribution < 1.29 is 18.3 Å². The van der Waals surface area contributed by atoms with Crippen molar-refractivity contribution in [2.75, 3.05) is 7.05 Å². The fraction of sp³-hybridized carbons (Fsp3) is 0.250. The third-order valence-electron chi connectivity index (χ3n) is 4.32. The molecule has 1 N–H and O–H groups in total. The summed E-state index contributed by atoms with van der Waals surface area (Å²) in [5.41, 5.74) is 2.73. The lowest BCUT2D eigenvalue weighted by Crippen LogP contribution is -2.30. The number of ether oxygens (including phenoxy) is 1. The number of hydrogen-bond acceptors (Lipinski definition) is 4. The highest BCUT2D eigenvalue weighted by atomic mass is 32.1. The van der Waals surface area contributed by atoms with E-state index in [1.807, 2.05) is 31.2 Å². The fourth-order valence-electron chi connectivity index (χ4n) is 2.86. The van der Waals surface area contributed by atoms with E-state index in [1.165, 1.54) is 17.0 Å². The molecular weight excluding hydrogens is 398 g/mol. The molecule has 0 radical (unpaired) electrons. The first-order valence-electron chi connectivity index (χ1n) is 8.83. The van der Waals surface area contributed by atoms with Gasteiger partial charge < -0.3 is 9.64 Å². The second-order valence-electron chi connectivity index (χ2n) is 6.58. The molecule has 3 rings (SSSR count). The molecule has 9 heteroatoms. The van der Waals surface area contributed by atoms with Crippen molar-refractivity contribution in [3.63, 3.8) is 0 Å². The Labute approximate surface area is 171 Å². The third-order valence-corrected chi connectivity index (χ3v) is 4.63. The van der Waals surface area contributed by atoms with E-state index in [-0.39, 0.29) is 18.2 Å². The Kier molecular flexibility index (Phi) is 6.38. The molecule has 0 aliphatic heterocycles. The smallest absolute Gasteiger partial charge is 0.387 e. The number of amides is 1. The fourth-order valence-corrected chi connectivity index (χ4v) is 3.06. The molecule has 0 saturated heterocycles. The summed E-state index contributed by atoms with van der Waals surface area (Å²) in [5.74, 6) is 0.503. The number of alkyl halides is 2. The van der Waals surface area contributed by atoms with Gasteiger partial charge in [0.25, 0.3) is 0 Å². The minimum absolute atomic E-state index is 0.0295. The second-order valence-corrected chi connectivity index (χ2v) is 6.97. The van der Waals surface area contributed by atoms with E-state index in [2.05, 4.69) is 14.9 Å². The first-order valence-corrected chi connectivity index (χ1v) is 9.24. The van der Waals surface area contributed by atoms with Crippen molar-refractivity contribution in [1.82, 2.24) is 19.7 Å². The first kappa shape index (κ1) is 20.7. The standard InChI is InChI=1S/C20H20F2N4O2S/c1-13-4-3-5-15(10-13)18-23-24-20(29)26(18)12-17(27)25(2)11-14-6-8-16(9-7-14)28-19(21)22/h3-10,19H,11-12H2,1-2H3,(H,24,29). The number of benzene rings is 2. The number of aryl methyl sites for hydroxylation is 1. The average molecular weight is 418 g/mol. The molecule has 0 unspecified atom stereocenters. The molecule has 2 aromatic carbocycles. The minimum Gasteiger partial charge on any atom is -0.435 e. The number of aromatic amines is 1. The quantitative estimate of drug-likeness (QED) is 0.585. The van der Waals surface area contributed by atoms with Gasteiger partial charge in [-0.2, -0.15) is 13.9 Å². The molecule has 0 atom stereocenters. The number of nitrogens with zero attached hydrogens (tertiary/aromatic N) is 3. The van der Waals surface area contributed by atoms with Crippen LogP contribution in [0.4, 0.5) is 8.78 Å². The van der Waals surface area contributed by atoms with Gasteiger partial charge in [-0.15, -0.1) is 0 Å². The number of aromatic nitrogens is 3. The molecular formula is C20H20F2N4O2S. The zero-order valence-corrected chi connectivity index (χ0v) is 16.7. The van der Waals surface area contributed by atoms with Crippen LogP contribution in [0.2, 0.25) is 0 Å². The Bertz CT molecular complexity index is 1050. The van der Waals surface area contributed by atoms with Gasteiger partial charge in [0.1, 0.15) is 12.3 Å². The molecule has 0 bridgehead atoms. The monoisotopic (exact) mass is 418 g/mol. The van der Waals surface area contributed by atoms with Gasteiger partial charge >= 0.3 is 6.61 Å². The van der Waals surface area contributed by atoms with Crippen LogP contribution in [-0.4, -0.2) is 39.2 Å². The third kappa shape index (κ3) is 5.26. The highest BCUT2D eigenvalue weighted by Gasteiger charge is 2.16. The van der Waals surface area contributed by atoms with Crippen LogP contribution in [0.15, 0.2) is 48.5 Å². The van der Waals surface area contributed by atoms with Crippen molar-refractivity contribution in [1.29, 1.82) is 0 Å². The van der Waals surface area contributed by atoms with Crippen LogP contribution in [0.25, 0.3) is 11.4 Å². The lowest BCUT2D eigenvalue weighted by Gasteiger charge is -2.18. The van der Waals surface area contributed by atoms with E-state index < -0.39 is 6.61 Å². The summed E-state index contributed by atoms with van der Waals surface area (Å²) < 4.78 is 30.8. The van der Waals surface area contributed by atoms with E-state index in [9.17, 15) is 13.6 Å². The Morgan fingerprint density at radius 3 is 2.66 bits per heavy atom. The van der Waals surface area contributed by atoms with Crippen molar-refractivity contribution in [3.05, 3.63) is 64.4 Å². The maximum Gasteiger partial charge on any atom is 0.387 e. The summed E-state index contributed by atoms with van der Waals surface area (Å²) in [6, 6.07) is 14.0. The summed E-state index contributed by atoms with van der Waals surface area (Å²) in [6.45, 7) is -0.543. The number of halogens is 2. The SMILES string of the molecule is Cc1cccc(-c2n[nH]c(=S)n2CC(=O)N(C)Cc2ccc(OC(F)F)cc2)c1. The van der Waals surface area contributed by atoms with Crippen molar-refractivity contribution in [3.8, 4) is 17.1 Å². The summed E-state index contributed by atoms with van der Waals surface area (Å²) in [5, 5.41) is 7.00. The van der Waals surface area contributed by atoms with Gasteiger partial charge in [0.15, 0.2) is 10.6 Å². The maximum atomic E-state index is 12.7. The van der Waals surface area contributed by atoms with Gasteiger partial charge in [0.2, 0.25) is 5.91 Å². The molecule has 0 aliphatic rings. The van der Waals surface area contributed by atoms with Crippen LogP contribution < -0.4 is 4.74 Å². The number of carbonyl (C=O) groups is 1. The number of hydrogen-bond donors (Lipinski definition) is 1. The van der Waals surface area contributed by atoms with Crippen LogP contribution >= 0.6 is 12.2 Å². The molecule has 152 valence electrons. The largest absolute Gasteiger partial charge is 0.435 e. The molecule has 6 nitrogen and oxygen atoms in total. The zero-order valence-electron chi connectivity index (χ0n) is 15.9. The van der Waals surface area contributed by atoms with Crippen LogP contribution in [0.3, 0.4) is 0 Å². The number of likely N-dealkylation sites (N-methyl/N-ethyl adjacent to an activating group) is 1. The van der Waals surface area contributed by atoms with Crippen LogP contribution in [0.1, 0.15) is 11.1 Å². The van der Waals surface area contributed by atoms with E-state index in [4.69, 9.17) is 12.2 Å². The Hall–Kier alpha value is -3.07. The lowest BCUT2D eigenvalue weighted by molar-refractivity contribution is -0.131. The van der Waals surface area contributed by atoms with Gasteiger partial charge in [-0.05, 0) is 42.9 Å². The van der Waals surface area contributed by atoms with Crippen molar-refractivity contribution in [2.45, 2.75) is 26.6 Å². The molecule has 1 amide bonds. The summed E-state index contributed by atoms with van der Waals surface area (Å²) in [6.07, 6.45) is 0. The Balaban J connectivity index is 1.70. The summed E-state index contributed by atoms with van der Waals surface area (Å²) in [7, 11) is 1.67. The minimum atomic E-state index is -2.87. The number of H-pyrrole nitrogens is 1. The highest BCUT2D eigenvalue weighted by molar-refractivity contribution is 7.71. The van der Waals surface area contributed by atoms with Crippen LogP contribution in [0.5, 0.6) is 5.75 Å². The van der Waals surface area contributed by atoms with Gasteiger partial charge in [0.05, 0.1) is 0 Å². The van der Waals surface area contributed by atoms with Gasteiger partial charge in [-0.25, -0.2) is 0 Å². The molecule has 0 aliphatic carbocycles. The molecule has 29 heavy (non-hydrogen) atoms. The Morgan fingerprint density at radius 1 is 1.28 bits per heavy atom. The van der Waals surface area contributed by atoms with Gasteiger partial charge in [-0.3, -0.25) is 14.5 Å². The van der Waals surface area contributed by atoms with Crippen LogP contribution in [-0.2, 0) is 17.9 Å². The lowest BCUT2D eigenvalue weighted by atomic mass is 10.1. The molecule has 3 aromatic rings. The number of nitrogens with one attached hydrogen (secondary N) is 1. The molecule has 1 heterocycles. The van der Waals surface area contributed by atoms with Crippen molar-refractivity contribution in [2.24, 2.45) is 0 Å². The summed E-state index contributed by atoms with van der Waals surface area (Å²) >= 11 is 5.29. The predicted octanol–water partition coefficient (Wildman–Crippen LogP) is 4.18. The Morgan fingerprint density at radius 2 is 2.00 bits per heavy atom. The average Bonchev–Trinajstić information content (AvgIpc) is 3.03. The van der Waals surface area contributed by atoms with E-state index in [1.54, 1.807) is 23.7 Å². The number of carbonyl (C=O) groups excluding carboxylic acids is 1. The van der Waals surface area contributed by atoms with Crippen molar-refractivity contribution >= 4 is 18.1 Å². The maximum absolute atomic E-state index is 12.7. The summed E-state index contributed by atoms with van der Waals surface area (Å²) in [4.78, 5) is 14.3. The van der Waals surface area contributed by atoms with E-state index >= 15 is 0 Å². The molecule has 0 fully saturated rings. The van der Waals surface area contributed by atoms with Gasteiger partial charge in [-0.1, -0.05) is 35.9 Å². The molecule has 1 aromatic heterocycles. The second kappa shape index (κ2) is 8.95. The topological polar surface area (TPSA) is 63.2 Å². The van der Waals surface area contributed by atoms with Gasteiger partial charge in [0, 0.05) is 19.2 Å². The van der Waals surface area contributed by atoms with Crippen LogP contribution in [0, 0.1) is 11.7 Å². The molecule has 0 spiro atoms. The highest BCUT2D eigenvalue weighted by Crippen LogP contribution is 2.19. The zero-order chi connectivity index (χ0) is 21.0. The van der Waals surface area contributed by atoms with E-state index in [0.29, 0.717) is 17.1 Å². The predicted molar refractivity (Wildman–Crippen MR) is 107 cm³/mol.